The van der Waals surface area contributed by atoms with E-state index < -0.39 is 0 Å². The lowest BCUT2D eigenvalue weighted by Gasteiger charge is -2.05. The second-order valence-electron chi connectivity index (χ2n) is 2.95. The summed E-state index contributed by atoms with van der Waals surface area (Å²) in [5.41, 5.74) is 1.03. The van der Waals surface area contributed by atoms with Crippen LogP contribution < -0.4 is 4.74 Å². The lowest BCUT2D eigenvalue weighted by molar-refractivity contribution is 0.321. The number of hydrogen-bond donors (Lipinski definition) is 0. The van der Waals surface area contributed by atoms with Gasteiger partial charge in [-0.15, -0.1) is 0 Å². The summed E-state index contributed by atoms with van der Waals surface area (Å²) in [4.78, 5) is 0. The molecule has 0 radical (unpaired) electrons. The molecule has 0 amide bonds. The van der Waals surface area contributed by atoms with Crippen LogP contribution in [0, 0.1) is 5.82 Å². The molecular formula is C11H15FO. The first-order chi connectivity index (χ1) is 6.27. The molecule has 0 bridgehead atoms. The van der Waals surface area contributed by atoms with Gasteiger partial charge in [-0.1, -0.05) is 19.4 Å². The first-order valence-corrected chi connectivity index (χ1v) is 4.69. The zero-order valence-corrected chi connectivity index (χ0v) is 8.14. The number of rotatable bonds is 4. The van der Waals surface area contributed by atoms with E-state index in [1.54, 1.807) is 12.1 Å². The molecule has 1 aromatic carbocycles. The third kappa shape index (κ3) is 2.72. The van der Waals surface area contributed by atoms with Gasteiger partial charge >= 0.3 is 0 Å². The molecular weight excluding hydrogens is 167 g/mol. The van der Waals surface area contributed by atoms with Crippen LogP contribution in [0.3, 0.4) is 0 Å². The van der Waals surface area contributed by atoms with Gasteiger partial charge in [-0.3, -0.25) is 0 Å². The van der Waals surface area contributed by atoms with Gasteiger partial charge in [0.15, 0.2) is 11.6 Å². The van der Waals surface area contributed by atoms with Crippen molar-refractivity contribution in [1.82, 2.24) is 0 Å². The molecule has 0 unspecified atom stereocenters. The van der Waals surface area contributed by atoms with Crippen LogP contribution in [0.15, 0.2) is 18.2 Å². The Labute approximate surface area is 78.5 Å². The monoisotopic (exact) mass is 182 g/mol. The maximum Gasteiger partial charge on any atom is 0.165 e. The van der Waals surface area contributed by atoms with Crippen molar-refractivity contribution in [3.8, 4) is 5.75 Å². The number of ether oxygens (including phenoxy) is 1. The summed E-state index contributed by atoms with van der Waals surface area (Å²) in [5, 5.41) is 0. The van der Waals surface area contributed by atoms with Gasteiger partial charge in [-0.2, -0.15) is 0 Å². The summed E-state index contributed by atoms with van der Waals surface area (Å²) >= 11 is 0. The SMILES string of the molecule is CCCc1ccc(OCC)c(F)c1. The Hall–Kier alpha value is -1.05. The predicted octanol–water partition coefficient (Wildman–Crippen LogP) is 3.18. The molecule has 2 heteroatoms. The molecule has 0 N–H and O–H groups in total. The van der Waals surface area contributed by atoms with Crippen molar-refractivity contribution in [3.05, 3.63) is 29.6 Å². The van der Waals surface area contributed by atoms with Crippen LogP contribution in [-0.4, -0.2) is 6.61 Å². The Morgan fingerprint density at radius 1 is 1.31 bits per heavy atom. The molecule has 0 aliphatic rings. The quantitative estimate of drug-likeness (QED) is 0.695. The largest absolute Gasteiger partial charge is 0.491 e. The average molecular weight is 182 g/mol. The Morgan fingerprint density at radius 2 is 2.08 bits per heavy atom. The fourth-order valence-corrected chi connectivity index (χ4v) is 1.26. The number of benzene rings is 1. The maximum absolute atomic E-state index is 13.2. The van der Waals surface area contributed by atoms with Crippen molar-refractivity contribution in [2.75, 3.05) is 6.61 Å². The van der Waals surface area contributed by atoms with Crippen LogP contribution >= 0.6 is 0 Å². The first-order valence-electron chi connectivity index (χ1n) is 4.69. The molecule has 0 heterocycles. The molecule has 0 aromatic heterocycles. The minimum atomic E-state index is -0.257. The van der Waals surface area contributed by atoms with Gasteiger partial charge in [-0.25, -0.2) is 4.39 Å². The lowest BCUT2D eigenvalue weighted by atomic mass is 10.1. The summed E-state index contributed by atoms with van der Waals surface area (Å²) in [6, 6.07) is 5.16. The molecule has 1 nitrogen and oxygen atoms in total. The summed E-state index contributed by atoms with van der Waals surface area (Å²) in [5.74, 6) is 0.0927. The van der Waals surface area contributed by atoms with Gasteiger partial charge in [-0.05, 0) is 31.0 Å². The smallest absolute Gasteiger partial charge is 0.165 e. The van der Waals surface area contributed by atoms with E-state index in [0.717, 1.165) is 18.4 Å². The second-order valence-corrected chi connectivity index (χ2v) is 2.95. The van der Waals surface area contributed by atoms with Gasteiger partial charge in [0, 0.05) is 0 Å². The molecule has 0 atom stereocenters. The van der Waals surface area contributed by atoms with Crippen molar-refractivity contribution in [1.29, 1.82) is 0 Å². The summed E-state index contributed by atoms with van der Waals surface area (Å²) in [6.45, 7) is 4.43. The highest BCUT2D eigenvalue weighted by molar-refractivity contribution is 5.29. The van der Waals surface area contributed by atoms with E-state index in [9.17, 15) is 4.39 Å². The van der Waals surface area contributed by atoms with Crippen molar-refractivity contribution in [3.63, 3.8) is 0 Å². The molecule has 1 rings (SSSR count). The third-order valence-corrected chi connectivity index (χ3v) is 1.83. The second kappa shape index (κ2) is 4.85. The maximum atomic E-state index is 13.2. The summed E-state index contributed by atoms with van der Waals surface area (Å²) in [7, 11) is 0. The van der Waals surface area contributed by atoms with E-state index in [4.69, 9.17) is 4.74 Å². The molecule has 0 aliphatic carbocycles. The van der Waals surface area contributed by atoms with Gasteiger partial charge < -0.3 is 4.74 Å². The molecule has 0 fully saturated rings. The Kier molecular flexibility index (Phi) is 3.74. The fraction of sp³-hybridized carbons (Fsp3) is 0.455. The number of halogens is 1. The highest BCUT2D eigenvalue weighted by atomic mass is 19.1. The van der Waals surface area contributed by atoms with Crippen molar-refractivity contribution in [2.24, 2.45) is 0 Å². The van der Waals surface area contributed by atoms with Gasteiger partial charge in [0.2, 0.25) is 0 Å². The fourth-order valence-electron chi connectivity index (χ4n) is 1.26. The number of aryl methyl sites for hydroxylation is 1. The Bertz CT molecular complexity index is 271. The molecule has 72 valence electrons. The van der Waals surface area contributed by atoms with Crippen LogP contribution in [0.25, 0.3) is 0 Å². The van der Waals surface area contributed by atoms with Crippen molar-refractivity contribution in [2.45, 2.75) is 26.7 Å². The van der Waals surface area contributed by atoms with Crippen LogP contribution in [0.5, 0.6) is 5.75 Å². The van der Waals surface area contributed by atoms with Crippen LogP contribution in [-0.2, 0) is 6.42 Å². The topological polar surface area (TPSA) is 9.23 Å². The molecule has 0 spiro atoms. The third-order valence-electron chi connectivity index (χ3n) is 1.83. The molecule has 0 saturated heterocycles. The van der Waals surface area contributed by atoms with Crippen LogP contribution in [0.1, 0.15) is 25.8 Å². The van der Waals surface area contributed by atoms with E-state index in [1.807, 2.05) is 13.0 Å². The lowest BCUT2D eigenvalue weighted by Crippen LogP contribution is -1.95. The Morgan fingerprint density at radius 3 is 2.62 bits per heavy atom. The van der Waals surface area contributed by atoms with E-state index >= 15 is 0 Å². The standard InChI is InChI=1S/C11H15FO/c1-3-5-9-6-7-11(13-4-2)10(12)8-9/h6-8H,3-5H2,1-2H3. The number of hydrogen-bond acceptors (Lipinski definition) is 1. The predicted molar refractivity (Wildman–Crippen MR) is 51.6 cm³/mol. The molecule has 0 saturated carbocycles. The zero-order valence-electron chi connectivity index (χ0n) is 8.14. The van der Waals surface area contributed by atoms with E-state index in [-0.39, 0.29) is 5.82 Å². The minimum absolute atomic E-state index is 0.257. The normalized spacial score (nSPS) is 10.1. The summed E-state index contributed by atoms with van der Waals surface area (Å²) in [6.07, 6.45) is 1.96. The minimum Gasteiger partial charge on any atom is -0.491 e. The highest BCUT2D eigenvalue weighted by Gasteiger charge is 2.02. The van der Waals surface area contributed by atoms with Gasteiger partial charge in [0.25, 0.3) is 0 Å². The van der Waals surface area contributed by atoms with Crippen LogP contribution in [0.4, 0.5) is 4.39 Å². The molecule has 1 aromatic rings. The van der Waals surface area contributed by atoms with E-state index in [2.05, 4.69) is 6.92 Å². The van der Waals surface area contributed by atoms with E-state index in [1.165, 1.54) is 0 Å². The highest BCUT2D eigenvalue weighted by Crippen LogP contribution is 2.18. The van der Waals surface area contributed by atoms with Crippen LogP contribution in [0.2, 0.25) is 0 Å². The Balaban J connectivity index is 2.79. The van der Waals surface area contributed by atoms with Crippen molar-refractivity contribution >= 4 is 0 Å². The summed E-state index contributed by atoms with van der Waals surface area (Å²) < 4.78 is 18.3. The average Bonchev–Trinajstić information content (AvgIpc) is 2.10. The molecule has 0 aliphatic heterocycles. The van der Waals surface area contributed by atoms with E-state index in [0.29, 0.717) is 12.4 Å². The van der Waals surface area contributed by atoms with Gasteiger partial charge in [0.1, 0.15) is 0 Å². The van der Waals surface area contributed by atoms with Crippen molar-refractivity contribution < 1.29 is 9.13 Å². The zero-order chi connectivity index (χ0) is 9.68. The first kappa shape index (κ1) is 10.0. The van der Waals surface area contributed by atoms with Gasteiger partial charge in [0.05, 0.1) is 6.61 Å². The molecule has 13 heavy (non-hydrogen) atoms.